The van der Waals surface area contributed by atoms with Gasteiger partial charge in [0.25, 0.3) is 0 Å². The van der Waals surface area contributed by atoms with Crippen LogP contribution in [0.2, 0.25) is 0 Å². The van der Waals surface area contributed by atoms with Crippen molar-refractivity contribution in [1.29, 1.82) is 0 Å². The van der Waals surface area contributed by atoms with Crippen LogP contribution in [-0.4, -0.2) is 11.1 Å². The van der Waals surface area contributed by atoms with E-state index in [4.69, 9.17) is 10.9 Å². The molecule has 0 heterocycles. The van der Waals surface area contributed by atoms with Crippen molar-refractivity contribution < 1.29 is 9.90 Å². The summed E-state index contributed by atoms with van der Waals surface area (Å²) in [5, 5.41) is 9.10. The van der Waals surface area contributed by atoms with Crippen LogP contribution in [0.25, 0.3) is 11.1 Å². The summed E-state index contributed by atoms with van der Waals surface area (Å²) in [5.74, 6) is 4.34. The highest BCUT2D eigenvalue weighted by molar-refractivity contribution is 5.96. The molecular formula is C13H13ClN2O2. The van der Waals surface area contributed by atoms with Crippen LogP contribution in [0.4, 0.5) is 5.69 Å². The van der Waals surface area contributed by atoms with Crippen LogP contribution in [0.5, 0.6) is 0 Å². The summed E-state index contributed by atoms with van der Waals surface area (Å²) in [5.41, 5.74) is 5.15. The molecule has 0 aliphatic carbocycles. The van der Waals surface area contributed by atoms with Gasteiger partial charge in [-0.05, 0) is 29.3 Å². The lowest BCUT2D eigenvalue weighted by Gasteiger charge is -2.07. The first-order valence-electron chi connectivity index (χ1n) is 5.12. The summed E-state index contributed by atoms with van der Waals surface area (Å²) >= 11 is 0. The monoisotopic (exact) mass is 264 g/mol. The number of nitrogens with two attached hydrogens (primary N) is 1. The van der Waals surface area contributed by atoms with Gasteiger partial charge in [0.05, 0.1) is 5.56 Å². The lowest BCUT2D eigenvalue weighted by molar-refractivity contribution is 0.0697. The number of hydrogen-bond acceptors (Lipinski definition) is 3. The summed E-state index contributed by atoms with van der Waals surface area (Å²) < 4.78 is 0. The molecule has 4 N–H and O–H groups in total. The molecule has 0 spiro atoms. The van der Waals surface area contributed by atoms with Gasteiger partial charge in [0, 0.05) is 5.69 Å². The van der Waals surface area contributed by atoms with Gasteiger partial charge in [-0.3, -0.25) is 5.84 Å². The number of benzene rings is 2. The summed E-state index contributed by atoms with van der Waals surface area (Å²) in [7, 11) is 0. The van der Waals surface area contributed by atoms with Crippen LogP contribution in [-0.2, 0) is 0 Å². The van der Waals surface area contributed by atoms with Gasteiger partial charge in [0.2, 0.25) is 0 Å². The number of halogens is 1. The molecule has 0 unspecified atom stereocenters. The van der Waals surface area contributed by atoms with Crippen LogP contribution in [0.3, 0.4) is 0 Å². The highest BCUT2D eigenvalue weighted by Crippen LogP contribution is 2.24. The van der Waals surface area contributed by atoms with E-state index in [0.717, 1.165) is 11.3 Å². The Morgan fingerprint density at radius 1 is 1.06 bits per heavy atom. The van der Waals surface area contributed by atoms with Crippen molar-refractivity contribution >= 4 is 24.1 Å². The Morgan fingerprint density at radius 2 is 1.67 bits per heavy atom. The van der Waals surface area contributed by atoms with E-state index in [2.05, 4.69) is 5.43 Å². The van der Waals surface area contributed by atoms with Crippen LogP contribution in [0, 0.1) is 0 Å². The number of anilines is 1. The Kier molecular flexibility index (Phi) is 4.71. The third-order valence-electron chi connectivity index (χ3n) is 2.52. The first-order chi connectivity index (χ1) is 8.22. The summed E-state index contributed by atoms with van der Waals surface area (Å²) in [6.07, 6.45) is 0. The standard InChI is InChI=1S/C13H12N2O2.ClH/c14-15-10-7-5-9(6-8-10)11-3-1-2-4-12(11)13(16)17;/h1-8,15H,14H2,(H,16,17);1H. The Bertz CT molecular complexity index is 541. The van der Waals surface area contributed by atoms with E-state index in [0.29, 0.717) is 11.1 Å². The molecule has 0 saturated carbocycles. The first-order valence-corrected chi connectivity index (χ1v) is 5.12. The molecule has 0 amide bonds. The molecule has 2 aromatic rings. The zero-order valence-electron chi connectivity index (χ0n) is 9.46. The average Bonchev–Trinajstić information content (AvgIpc) is 2.39. The Labute approximate surface area is 111 Å². The molecule has 0 aliphatic heterocycles. The minimum atomic E-state index is -0.929. The number of carboxylic acids is 1. The fourth-order valence-corrected chi connectivity index (χ4v) is 1.67. The maximum atomic E-state index is 11.1. The van der Waals surface area contributed by atoms with E-state index in [1.165, 1.54) is 0 Å². The predicted octanol–water partition coefficient (Wildman–Crippen LogP) is 2.76. The zero-order chi connectivity index (χ0) is 12.3. The highest BCUT2D eigenvalue weighted by Gasteiger charge is 2.10. The van der Waals surface area contributed by atoms with Gasteiger partial charge in [-0.2, -0.15) is 0 Å². The van der Waals surface area contributed by atoms with Crippen molar-refractivity contribution in [3.8, 4) is 11.1 Å². The van der Waals surface area contributed by atoms with Crippen molar-refractivity contribution in [2.75, 3.05) is 5.43 Å². The summed E-state index contributed by atoms with van der Waals surface area (Å²) in [4.78, 5) is 11.1. The van der Waals surface area contributed by atoms with Crippen LogP contribution >= 0.6 is 12.4 Å². The van der Waals surface area contributed by atoms with Crippen LogP contribution in [0.1, 0.15) is 10.4 Å². The predicted molar refractivity (Wildman–Crippen MR) is 73.9 cm³/mol. The minimum absolute atomic E-state index is 0. The molecule has 94 valence electrons. The van der Waals surface area contributed by atoms with Gasteiger partial charge in [0.1, 0.15) is 0 Å². The molecule has 4 nitrogen and oxygen atoms in total. The third kappa shape index (κ3) is 2.80. The molecule has 0 fully saturated rings. The second-order valence-corrected chi connectivity index (χ2v) is 3.57. The zero-order valence-corrected chi connectivity index (χ0v) is 10.3. The molecule has 0 aromatic heterocycles. The molecule has 0 saturated heterocycles. The summed E-state index contributed by atoms with van der Waals surface area (Å²) in [6.45, 7) is 0. The maximum absolute atomic E-state index is 11.1. The van der Waals surface area contributed by atoms with E-state index in [9.17, 15) is 4.79 Å². The van der Waals surface area contributed by atoms with Crippen LogP contribution in [0.15, 0.2) is 48.5 Å². The third-order valence-corrected chi connectivity index (χ3v) is 2.52. The summed E-state index contributed by atoms with van der Waals surface area (Å²) in [6, 6.07) is 14.2. The van der Waals surface area contributed by atoms with E-state index in [1.807, 2.05) is 18.2 Å². The minimum Gasteiger partial charge on any atom is -0.478 e. The normalized spacial score (nSPS) is 9.39. The largest absolute Gasteiger partial charge is 0.478 e. The average molecular weight is 265 g/mol. The fourth-order valence-electron chi connectivity index (χ4n) is 1.67. The number of nitrogen functional groups attached to an aromatic ring is 1. The molecule has 0 bridgehead atoms. The maximum Gasteiger partial charge on any atom is 0.336 e. The number of carboxylic acid groups (broad SMARTS) is 1. The molecule has 0 atom stereocenters. The van der Waals surface area contributed by atoms with Crippen molar-refractivity contribution in [1.82, 2.24) is 0 Å². The van der Waals surface area contributed by atoms with Crippen LogP contribution < -0.4 is 11.3 Å². The smallest absolute Gasteiger partial charge is 0.336 e. The van der Waals surface area contributed by atoms with E-state index in [-0.39, 0.29) is 12.4 Å². The van der Waals surface area contributed by atoms with Crippen molar-refractivity contribution in [2.24, 2.45) is 5.84 Å². The number of hydrogen-bond donors (Lipinski definition) is 3. The van der Waals surface area contributed by atoms with Gasteiger partial charge in [-0.15, -0.1) is 12.4 Å². The lowest BCUT2D eigenvalue weighted by atomic mass is 10.00. The van der Waals surface area contributed by atoms with Gasteiger partial charge in [-0.25, -0.2) is 4.79 Å². The van der Waals surface area contributed by atoms with E-state index < -0.39 is 5.97 Å². The lowest BCUT2D eigenvalue weighted by Crippen LogP contribution is -2.06. The van der Waals surface area contributed by atoms with Gasteiger partial charge in [-0.1, -0.05) is 30.3 Å². The molecule has 2 aromatic carbocycles. The molecule has 5 heteroatoms. The fraction of sp³-hybridized carbons (Fsp3) is 0. The second kappa shape index (κ2) is 6.05. The van der Waals surface area contributed by atoms with Gasteiger partial charge in [0.15, 0.2) is 0 Å². The van der Waals surface area contributed by atoms with Crippen molar-refractivity contribution in [2.45, 2.75) is 0 Å². The Balaban J connectivity index is 0.00000162. The number of rotatable bonds is 3. The van der Waals surface area contributed by atoms with E-state index >= 15 is 0 Å². The Hall–Kier alpha value is -2.04. The SMILES string of the molecule is Cl.NNc1ccc(-c2ccccc2C(=O)O)cc1. The van der Waals surface area contributed by atoms with Crippen molar-refractivity contribution in [3.05, 3.63) is 54.1 Å². The molecule has 0 radical (unpaired) electrons. The number of carbonyl (C=O) groups is 1. The quantitative estimate of drug-likeness (QED) is 0.589. The second-order valence-electron chi connectivity index (χ2n) is 3.57. The molecule has 2 rings (SSSR count). The van der Waals surface area contributed by atoms with Crippen molar-refractivity contribution in [3.63, 3.8) is 0 Å². The first kappa shape index (κ1) is 14.0. The number of nitrogens with one attached hydrogen (secondary N) is 1. The highest BCUT2D eigenvalue weighted by atomic mass is 35.5. The number of aromatic carboxylic acids is 1. The van der Waals surface area contributed by atoms with Gasteiger partial charge >= 0.3 is 5.97 Å². The Morgan fingerprint density at radius 3 is 2.22 bits per heavy atom. The number of hydrazine groups is 1. The molecule has 0 aliphatic rings. The van der Waals surface area contributed by atoms with Gasteiger partial charge < -0.3 is 10.5 Å². The molecular weight excluding hydrogens is 252 g/mol. The molecule has 18 heavy (non-hydrogen) atoms. The van der Waals surface area contributed by atoms with E-state index in [1.54, 1.807) is 30.3 Å². The topological polar surface area (TPSA) is 75.3 Å².